The quantitative estimate of drug-likeness (QED) is 0.840. The molecule has 0 saturated carbocycles. The van der Waals surface area contributed by atoms with Gasteiger partial charge in [-0.3, -0.25) is 0 Å². The van der Waals surface area contributed by atoms with Crippen LogP contribution in [0.1, 0.15) is 18.9 Å². The molecule has 2 rings (SSSR count). The largest absolute Gasteiger partial charge is 0.373 e. The fourth-order valence-electron chi connectivity index (χ4n) is 1.93. The van der Waals surface area contributed by atoms with Crippen LogP contribution in [-0.2, 0) is 6.42 Å². The molecule has 0 bridgehead atoms. The van der Waals surface area contributed by atoms with Crippen LogP contribution in [0.5, 0.6) is 0 Å². The van der Waals surface area contributed by atoms with E-state index in [0.29, 0.717) is 6.04 Å². The van der Waals surface area contributed by atoms with Gasteiger partial charge < -0.3 is 10.6 Å². The predicted octanol–water partition coefficient (Wildman–Crippen LogP) is 2.00. The van der Waals surface area contributed by atoms with Crippen LogP contribution in [0.2, 0.25) is 0 Å². The lowest BCUT2D eigenvalue weighted by Gasteiger charge is -2.16. The van der Waals surface area contributed by atoms with Gasteiger partial charge in [0.15, 0.2) is 0 Å². The Labute approximate surface area is 101 Å². The van der Waals surface area contributed by atoms with Crippen molar-refractivity contribution in [1.29, 1.82) is 0 Å². The third kappa shape index (κ3) is 2.40. The van der Waals surface area contributed by atoms with Crippen LogP contribution in [0.25, 0.3) is 0 Å². The first kappa shape index (κ1) is 11.5. The van der Waals surface area contributed by atoms with Crippen LogP contribution in [-0.4, -0.2) is 34.6 Å². The molecule has 16 heavy (non-hydrogen) atoms. The highest BCUT2D eigenvalue weighted by molar-refractivity contribution is 7.99. The van der Waals surface area contributed by atoms with Crippen LogP contribution < -0.4 is 10.6 Å². The Morgan fingerprint density at radius 1 is 1.44 bits per heavy atom. The normalized spacial score (nSPS) is 19.8. The van der Waals surface area contributed by atoms with E-state index in [0.717, 1.165) is 18.1 Å². The van der Waals surface area contributed by atoms with Gasteiger partial charge in [0.25, 0.3) is 0 Å². The average Bonchev–Trinajstić information content (AvgIpc) is 2.81. The standard InChI is InChI=1S/C11H18N4S/c1-3-9-10(12-2)13-7-14-11(9)15-8-4-5-16-6-8/h7-8H,3-6H2,1-2H3,(H2,12,13,14,15). The molecule has 1 aromatic heterocycles. The first-order chi connectivity index (χ1) is 7.85. The van der Waals surface area contributed by atoms with E-state index < -0.39 is 0 Å². The molecule has 0 amide bonds. The monoisotopic (exact) mass is 238 g/mol. The van der Waals surface area contributed by atoms with Crippen LogP contribution in [0.3, 0.4) is 0 Å². The lowest BCUT2D eigenvalue weighted by Crippen LogP contribution is -2.20. The molecule has 0 aromatic carbocycles. The highest BCUT2D eigenvalue weighted by atomic mass is 32.2. The lowest BCUT2D eigenvalue weighted by molar-refractivity contribution is 0.801. The zero-order valence-electron chi connectivity index (χ0n) is 9.79. The van der Waals surface area contributed by atoms with Gasteiger partial charge >= 0.3 is 0 Å². The van der Waals surface area contributed by atoms with Crippen molar-refractivity contribution in [1.82, 2.24) is 9.97 Å². The van der Waals surface area contributed by atoms with Crippen molar-refractivity contribution < 1.29 is 0 Å². The summed E-state index contributed by atoms with van der Waals surface area (Å²) in [6.45, 7) is 2.13. The Morgan fingerprint density at radius 2 is 2.25 bits per heavy atom. The molecule has 88 valence electrons. The summed E-state index contributed by atoms with van der Waals surface area (Å²) in [5.41, 5.74) is 1.18. The van der Waals surface area contributed by atoms with Gasteiger partial charge in [0.1, 0.15) is 18.0 Å². The maximum absolute atomic E-state index is 4.35. The van der Waals surface area contributed by atoms with Crippen molar-refractivity contribution in [3.63, 3.8) is 0 Å². The Hall–Kier alpha value is -0.970. The zero-order chi connectivity index (χ0) is 11.4. The van der Waals surface area contributed by atoms with E-state index >= 15 is 0 Å². The van der Waals surface area contributed by atoms with Crippen LogP contribution in [0.15, 0.2) is 6.33 Å². The van der Waals surface area contributed by atoms with Crippen LogP contribution in [0, 0.1) is 0 Å². The van der Waals surface area contributed by atoms with Gasteiger partial charge in [0.2, 0.25) is 0 Å². The molecule has 1 saturated heterocycles. The van der Waals surface area contributed by atoms with Crippen molar-refractivity contribution in [2.24, 2.45) is 0 Å². The Morgan fingerprint density at radius 3 is 2.88 bits per heavy atom. The minimum absolute atomic E-state index is 0.565. The van der Waals surface area contributed by atoms with Gasteiger partial charge in [0, 0.05) is 24.4 Å². The second-order valence-corrected chi connectivity index (χ2v) is 5.01. The fraction of sp³-hybridized carbons (Fsp3) is 0.636. The van der Waals surface area contributed by atoms with E-state index in [1.54, 1.807) is 6.33 Å². The third-order valence-corrected chi connectivity index (χ3v) is 3.97. The van der Waals surface area contributed by atoms with Gasteiger partial charge in [-0.05, 0) is 18.6 Å². The summed E-state index contributed by atoms with van der Waals surface area (Å²) in [5, 5.41) is 6.64. The highest BCUT2D eigenvalue weighted by Gasteiger charge is 2.17. The molecule has 0 radical (unpaired) electrons. The molecule has 1 aliphatic rings. The molecule has 2 heterocycles. The highest BCUT2D eigenvalue weighted by Crippen LogP contribution is 2.25. The predicted molar refractivity (Wildman–Crippen MR) is 70.3 cm³/mol. The number of hydrogen-bond donors (Lipinski definition) is 2. The first-order valence-electron chi connectivity index (χ1n) is 5.71. The molecular weight excluding hydrogens is 220 g/mol. The lowest BCUT2D eigenvalue weighted by atomic mass is 10.2. The second kappa shape index (κ2) is 5.39. The van der Waals surface area contributed by atoms with Gasteiger partial charge in [-0.2, -0.15) is 11.8 Å². The van der Waals surface area contributed by atoms with Crippen molar-refractivity contribution in [2.75, 3.05) is 29.2 Å². The van der Waals surface area contributed by atoms with Crippen LogP contribution in [0.4, 0.5) is 11.6 Å². The summed E-state index contributed by atoms with van der Waals surface area (Å²) in [5.74, 6) is 4.37. The molecular formula is C11H18N4S. The maximum Gasteiger partial charge on any atom is 0.134 e. The molecule has 1 aliphatic heterocycles. The van der Waals surface area contributed by atoms with E-state index in [-0.39, 0.29) is 0 Å². The van der Waals surface area contributed by atoms with E-state index in [9.17, 15) is 0 Å². The summed E-state index contributed by atoms with van der Waals surface area (Å²) in [7, 11) is 1.90. The van der Waals surface area contributed by atoms with Crippen molar-refractivity contribution >= 4 is 23.4 Å². The minimum atomic E-state index is 0.565. The average molecular weight is 238 g/mol. The van der Waals surface area contributed by atoms with Crippen molar-refractivity contribution in [2.45, 2.75) is 25.8 Å². The number of nitrogens with zero attached hydrogens (tertiary/aromatic N) is 2. The number of anilines is 2. The molecule has 1 aromatic rings. The number of aromatic nitrogens is 2. The number of nitrogens with one attached hydrogen (secondary N) is 2. The van der Waals surface area contributed by atoms with Crippen molar-refractivity contribution in [3.8, 4) is 0 Å². The molecule has 5 heteroatoms. The SMILES string of the molecule is CCc1c(NC)ncnc1NC1CCSC1. The molecule has 2 N–H and O–H groups in total. The van der Waals surface area contributed by atoms with Gasteiger partial charge in [0.05, 0.1) is 0 Å². The van der Waals surface area contributed by atoms with E-state index in [2.05, 4.69) is 27.5 Å². The van der Waals surface area contributed by atoms with Crippen LogP contribution >= 0.6 is 11.8 Å². The Bertz CT molecular complexity index is 350. The fourth-order valence-corrected chi connectivity index (χ4v) is 3.08. The molecule has 0 spiro atoms. The summed E-state index contributed by atoms with van der Waals surface area (Å²) in [6.07, 6.45) is 3.79. The Balaban J connectivity index is 2.18. The van der Waals surface area contributed by atoms with E-state index in [4.69, 9.17) is 0 Å². The molecule has 1 fully saturated rings. The summed E-state index contributed by atoms with van der Waals surface area (Å²) in [6, 6.07) is 0.565. The van der Waals surface area contributed by atoms with Gasteiger partial charge in [-0.25, -0.2) is 9.97 Å². The van der Waals surface area contributed by atoms with E-state index in [1.807, 2.05) is 18.8 Å². The van der Waals surface area contributed by atoms with Gasteiger partial charge in [-0.1, -0.05) is 6.92 Å². The van der Waals surface area contributed by atoms with E-state index in [1.165, 1.54) is 23.5 Å². The number of thioether (sulfide) groups is 1. The van der Waals surface area contributed by atoms with Gasteiger partial charge in [-0.15, -0.1) is 0 Å². The zero-order valence-corrected chi connectivity index (χ0v) is 10.6. The molecule has 1 atom stereocenters. The summed E-state index contributed by atoms with van der Waals surface area (Å²) < 4.78 is 0. The molecule has 1 unspecified atom stereocenters. The second-order valence-electron chi connectivity index (χ2n) is 3.86. The number of rotatable bonds is 4. The summed E-state index contributed by atoms with van der Waals surface area (Å²) in [4.78, 5) is 8.59. The third-order valence-electron chi connectivity index (χ3n) is 2.81. The van der Waals surface area contributed by atoms with Crippen molar-refractivity contribution in [3.05, 3.63) is 11.9 Å². The maximum atomic E-state index is 4.35. The summed E-state index contributed by atoms with van der Waals surface area (Å²) >= 11 is 2.00. The topological polar surface area (TPSA) is 49.8 Å². The number of hydrogen-bond acceptors (Lipinski definition) is 5. The first-order valence-corrected chi connectivity index (χ1v) is 6.86. The molecule has 0 aliphatic carbocycles. The smallest absolute Gasteiger partial charge is 0.134 e. The Kier molecular flexibility index (Phi) is 3.88. The molecule has 4 nitrogen and oxygen atoms in total. The minimum Gasteiger partial charge on any atom is -0.373 e.